The number of hydrogen-bond donors (Lipinski definition) is 0. The number of allylic oxidation sites excluding steroid dienone is 1. The van der Waals surface area contributed by atoms with Gasteiger partial charge in [0.15, 0.2) is 0 Å². The van der Waals surface area contributed by atoms with Gasteiger partial charge in [-0.2, -0.15) is 0 Å². The lowest BCUT2D eigenvalue weighted by molar-refractivity contribution is -0.138. The van der Waals surface area contributed by atoms with Gasteiger partial charge < -0.3 is 4.74 Å². The van der Waals surface area contributed by atoms with Gasteiger partial charge in [0.2, 0.25) is 0 Å². The van der Waals surface area contributed by atoms with Crippen LogP contribution in [0, 0.1) is 5.82 Å². The van der Waals surface area contributed by atoms with Crippen molar-refractivity contribution in [1.29, 1.82) is 0 Å². The minimum atomic E-state index is -3.85. The summed E-state index contributed by atoms with van der Waals surface area (Å²) in [7, 11) is -2.52. The van der Waals surface area contributed by atoms with Gasteiger partial charge in [0.25, 0.3) is 10.0 Å². The smallest absolute Gasteiger partial charge is 0.335 e. The van der Waals surface area contributed by atoms with Gasteiger partial charge in [-0.05, 0) is 45.0 Å². The van der Waals surface area contributed by atoms with Crippen molar-refractivity contribution >= 4 is 16.0 Å². The maximum Gasteiger partial charge on any atom is 0.335 e. The number of benzene rings is 1. The van der Waals surface area contributed by atoms with Gasteiger partial charge >= 0.3 is 5.97 Å². The zero-order valence-electron chi connectivity index (χ0n) is 12.4. The normalized spacial score (nSPS) is 12.6. The zero-order valence-corrected chi connectivity index (χ0v) is 13.2. The largest absolute Gasteiger partial charge is 0.463 e. The molecule has 1 aromatic carbocycles. The molecule has 0 heterocycles. The van der Waals surface area contributed by atoms with Crippen LogP contribution in [0.3, 0.4) is 0 Å². The second-order valence-electron chi connectivity index (χ2n) is 4.36. The Balaban J connectivity index is 3.16. The van der Waals surface area contributed by atoms with E-state index in [1.165, 1.54) is 33.0 Å². The van der Waals surface area contributed by atoms with E-state index in [0.29, 0.717) is 0 Å². The van der Waals surface area contributed by atoms with Crippen LogP contribution >= 0.6 is 0 Å². The summed E-state index contributed by atoms with van der Waals surface area (Å²) in [5.41, 5.74) is 0.447. The Hall–Kier alpha value is -1.89. The lowest BCUT2D eigenvalue weighted by Crippen LogP contribution is -2.27. The highest BCUT2D eigenvalue weighted by Gasteiger charge is 2.23. The average molecular weight is 315 g/mol. The lowest BCUT2D eigenvalue weighted by Gasteiger charge is -2.21. The highest BCUT2D eigenvalue weighted by molar-refractivity contribution is 7.89. The van der Waals surface area contributed by atoms with Crippen LogP contribution in [0.15, 0.2) is 40.4 Å². The fourth-order valence-corrected chi connectivity index (χ4v) is 2.86. The minimum Gasteiger partial charge on any atom is -0.463 e. The number of carbonyl (C=O) groups is 1. The Labute approximate surface area is 124 Å². The summed E-state index contributed by atoms with van der Waals surface area (Å²) >= 11 is 0. The van der Waals surface area contributed by atoms with E-state index in [0.717, 1.165) is 16.4 Å². The molecule has 0 unspecified atom stereocenters. The molecule has 7 heteroatoms. The van der Waals surface area contributed by atoms with Gasteiger partial charge in [0, 0.05) is 12.7 Å². The van der Waals surface area contributed by atoms with Crippen molar-refractivity contribution < 1.29 is 22.3 Å². The van der Waals surface area contributed by atoms with Gasteiger partial charge in [-0.3, -0.25) is 4.31 Å². The van der Waals surface area contributed by atoms with E-state index in [4.69, 9.17) is 4.74 Å². The van der Waals surface area contributed by atoms with Crippen LogP contribution in [0.5, 0.6) is 0 Å². The fourth-order valence-electron chi connectivity index (χ4n) is 1.57. The van der Waals surface area contributed by atoms with Crippen LogP contribution in [-0.2, 0) is 19.6 Å². The van der Waals surface area contributed by atoms with E-state index in [2.05, 4.69) is 0 Å². The van der Waals surface area contributed by atoms with Gasteiger partial charge in [-0.1, -0.05) is 0 Å². The number of nitrogens with zero attached hydrogens (tertiary/aromatic N) is 1. The summed E-state index contributed by atoms with van der Waals surface area (Å²) < 4.78 is 43.5. The minimum absolute atomic E-state index is 0.0533. The lowest BCUT2D eigenvalue weighted by atomic mass is 10.2. The molecule has 0 saturated carbocycles. The summed E-state index contributed by atoms with van der Waals surface area (Å²) in [6.45, 7) is 4.87. The zero-order chi connectivity index (χ0) is 16.2. The second-order valence-corrected chi connectivity index (χ2v) is 6.33. The van der Waals surface area contributed by atoms with E-state index in [1.54, 1.807) is 6.92 Å². The first-order valence-electron chi connectivity index (χ1n) is 6.31. The molecule has 5 nitrogen and oxygen atoms in total. The van der Waals surface area contributed by atoms with Crippen molar-refractivity contribution in [3.05, 3.63) is 41.4 Å². The Morgan fingerprint density at radius 2 is 1.76 bits per heavy atom. The molecule has 0 fully saturated rings. The van der Waals surface area contributed by atoms with E-state index in [1.807, 2.05) is 0 Å². The summed E-state index contributed by atoms with van der Waals surface area (Å²) in [6, 6.07) is 4.48. The molecule has 0 saturated heterocycles. The second kappa shape index (κ2) is 6.71. The van der Waals surface area contributed by atoms with Crippen molar-refractivity contribution in [3.63, 3.8) is 0 Å². The predicted molar refractivity (Wildman–Crippen MR) is 76.4 cm³/mol. The molecule has 0 spiro atoms. The molecule has 1 rings (SSSR count). The number of sulfonamides is 1. The van der Waals surface area contributed by atoms with Crippen LogP contribution in [0.1, 0.15) is 20.8 Å². The van der Waals surface area contributed by atoms with Gasteiger partial charge in [0.05, 0.1) is 17.1 Å². The highest BCUT2D eigenvalue weighted by Crippen LogP contribution is 2.20. The Bertz CT molecular complexity index is 650. The van der Waals surface area contributed by atoms with E-state index >= 15 is 0 Å². The molecular formula is C14H18FNO4S. The van der Waals surface area contributed by atoms with E-state index in [9.17, 15) is 17.6 Å². The van der Waals surface area contributed by atoms with Crippen LogP contribution < -0.4 is 0 Å². The summed E-state index contributed by atoms with van der Waals surface area (Å²) in [5.74, 6) is -1.09. The average Bonchev–Trinajstić information content (AvgIpc) is 2.45. The first-order chi connectivity index (χ1) is 9.71. The molecule has 0 bridgehead atoms. The quantitative estimate of drug-likeness (QED) is 0.618. The topological polar surface area (TPSA) is 63.7 Å². The molecule has 0 aromatic heterocycles. The highest BCUT2D eigenvalue weighted by atomic mass is 32.2. The summed E-state index contributed by atoms with van der Waals surface area (Å²) in [5, 5.41) is 0. The molecule has 0 atom stereocenters. The van der Waals surface area contributed by atoms with Crippen molar-refractivity contribution in [3.8, 4) is 0 Å². The number of ether oxygens (including phenoxy) is 1. The molecule has 1 aromatic rings. The molecule has 0 aliphatic carbocycles. The third kappa shape index (κ3) is 3.81. The molecule has 0 N–H and O–H groups in total. The van der Waals surface area contributed by atoms with Crippen LogP contribution in [0.25, 0.3) is 0 Å². The molecule has 0 aliphatic heterocycles. The number of hydrogen-bond acceptors (Lipinski definition) is 4. The molecule has 0 aliphatic rings. The molecule has 116 valence electrons. The Morgan fingerprint density at radius 1 is 1.24 bits per heavy atom. The van der Waals surface area contributed by atoms with Gasteiger partial charge in [-0.15, -0.1) is 0 Å². The monoisotopic (exact) mass is 315 g/mol. The van der Waals surface area contributed by atoms with Crippen LogP contribution in [0.2, 0.25) is 0 Å². The fraction of sp³-hybridized carbons (Fsp3) is 0.357. The predicted octanol–water partition coefficient (Wildman–Crippen LogP) is 2.30. The molecule has 21 heavy (non-hydrogen) atoms. The molecular weight excluding hydrogens is 297 g/mol. The van der Waals surface area contributed by atoms with Crippen molar-refractivity contribution in [2.75, 3.05) is 13.7 Å². The number of esters is 1. The van der Waals surface area contributed by atoms with Crippen LogP contribution in [-0.4, -0.2) is 32.3 Å². The third-order valence-corrected chi connectivity index (χ3v) is 4.93. The van der Waals surface area contributed by atoms with Gasteiger partial charge in [0.1, 0.15) is 5.82 Å². The Morgan fingerprint density at radius 3 is 2.24 bits per heavy atom. The maximum absolute atomic E-state index is 12.9. The SMILES string of the molecule is CCOC(=O)C(C)=C(C)N(C)S(=O)(=O)c1ccc(F)cc1. The third-order valence-electron chi connectivity index (χ3n) is 3.07. The number of carbonyl (C=O) groups excluding carboxylic acids is 1. The summed E-state index contributed by atoms with van der Waals surface area (Å²) in [4.78, 5) is 11.6. The summed E-state index contributed by atoms with van der Waals surface area (Å²) in [6.07, 6.45) is 0. The first-order valence-corrected chi connectivity index (χ1v) is 7.75. The number of rotatable bonds is 5. The Kier molecular flexibility index (Phi) is 5.48. The molecule has 0 amide bonds. The first kappa shape index (κ1) is 17.2. The molecule has 0 radical (unpaired) electrons. The van der Waals surface area contributed by atoms with Crippen LogP contribution in [0.4, 0.5) is 4.39 Å². The maximum atomic E-state index is 12.9. The van der Waals surface area contributed by atoms with E-state index in [-0.39, 0.29) is 22.8 Å². The number of halogens is 1. The van der Waals surface area contributed by atoms with Crippen molar-refractivity contribution in [2.45, 2.75) is 25.7 Å². The van der Waals surface area contributed by atoms with Crippen molar-refractivity contribution in [2.24, 2.45) is 0 Å². The standard InChI is InChI=1S/C14H18FNO4S/c1-5-20-14(17)10(2)11(3)16(4)21(18,19)13-8-6-12(15)7-9-13/h6-9H,5H2,1-4H3. The van der Waals surface area contributed by atoms with Gasteiger partial charge in [-0.25, -0.2) is 17.6 Å². The van der Waals surface area contributed by atoms with E-state index < -0.39 is 21.8 Å². The van der Waals surface area contributed by atoms with Crippen molar-refractivity contribution in [1.82, 2.24) is 4.31 Å².